The van der Waals surface area contributed by atoms with Crippen LogP contribution in [0.3, 0.4) is 0 Å². The van der Waals surface area contributed by atoms with Crippen molar-refractivity contribution in [2.45, 2.75) is 25.3 Å². The minimum Gasteiger partial charge on any atom is -0.341 e. The number of carbonyl (C=O) groups is 2. The van der Waals surface area contributed by atoms with Crippen LogP contribution in [0.25, 0.3) is 0 Å². The Bertz CT molecular complexity index is 816. The van der Waals surface area contributed by atoms with Gasteiger partial charge in [0.1, 0.15) is 22.7 Å². The molecule has 0 aromatic heterocycles. The van der Waals surface area contributed by atoms with Crippen molar-refractivity contribution in [2.24, 2.45) is 5.41 Å². The fourth-order valence-electron chi connectivity index (χ4n) is 3.10. The molecule has 1 aliphatic carbocycles. The van der Waals surface area contributed by atoms with Crippen molar-refractivity contribution < 1.29 is 26.8 Å². The van der Waals surface area contributed by atoms with Crippen LogP contribution < -0.4 is 5.32 Å². The average molecular weight is 372 g/mol. The van der Waals surface area contributed by atoms with Gasteiger partial charge in [0.25, 0.3) is 0 Å². The first kappa shape index (κ1) is 17.8. The third-order valence-electron chi connectivity index (χ3n) is 4.87. The highest BCUT2D eigenvalue weighted by Gasteiger charge is 2.58. The summed E-state index contributed by atoms with van der Waals surface area (Å²) in [5.74, 6) is -3.25. The van der Waals surface area contributed by atoms with E-state index in [1.807, 2.05) is 0 Å². The first-order valence-electron chi connectivity index (χ1n) is 7.89. The van der Waals surface area contributed by atoms with Gasteiger partial charge in [0, 0.05) is 13.1 Å². The van der Waals surface area contributed by atoms with Crippen LogP contribution in [0.1, 0.15) is 19.3 Å². The Morgan fingerprint density at radius 2 is 1.84 bits per heavy atom. The second-order valence-electron chi connectivity index (χ2n) is 6.61. The van der Waals surface area contributed by atoms with Crippen LogP contribution in [0.15, 0.2) is 18.2 Å². The van der Waals surface area contributed by atoms with Gasteiger partial charge in [-0.3, -0.25) is 9.59 Å². The minimum absolute atomic E-state index is 0.00885. The number of halogens is 2. The molecule has 9 heteroatoms. The van der Waals surface area contributed by atoms with E-state index in [9.17, 15) is 26.8 Å². The van der Waals surface area contributed by atoms with Gasteiger partial charge < -0.3 is 10.2 Å². The van der Waals surface area contributed by atoms with Crippen LogP contribution in [-0.4, -0.2) is 49.7 Å². The number of nitrogens with zero attached hydrogens (tertiary/aromatic N) is 1. The summed E-state index contributed by atoms with van der Waals surface area (Å²) in [6, 6.07) is 2.71. The lowest BCUT2D eigenvalue weighted by atomic mass is 10.0. The van der Waals surface area contributed by atoms with Crippen molar-refractivity contribution >= 4 is 27.3 Å². The summed E-state index contributed by atoms with van der Waals surface area (Å²) in [4.78, 5) is 26.5. The van der Waals surface area contributed by atoms with E-state index in [1.54, 1.807) is 0 Å². The van der Waals surface area contributed by atoms with E-state index in [2.05, 4.69) is 5.32 Å². The number of sulfone groups is 1. The average Bonchev–Trinajstić information content (AvgIpc) is 3.28. The smallest absolute Gasteiger partial charge is 0.240 e. The number of anilines is 1. The second kappa shape index (κ2) is 6.05. The summed E-state index contributed by atoms with van der Waals surface area (Å²) in [5.41, 5.74) is -1.96. The number of rotatable bonds is 4. The maximum atomic E-state index is 13.7. The second-order valence-corrected chi connectivity index (χ2v) is 8.83. The summed E-state index contributed by atoms with van der Waals surface area (Å²) in [5, 5.41) is 2.17. The molecule has 1 saturated heterocycles. The number of benzene rings is 1. The predicted molar refractivity (Wildman–Crippen MR) is 86.5 cm³/mol. The number of carbonyl (C=O) groups excluding carboxylic acids is 2. The largest absolute Gasteiger partial charge is 0.341 e. The van der Waals surface area contributed by atoms with E-state index >= 15 is 0 Å². The van der Waals surface area contributed by atoms with Gasteiger partial charge in [0.05, 0.1) is 11.5 Å². The quantitative estimate of drug-likeness (QED) is 0.809. The summed E-state index contributed by atoms with van der Waals surface area (Å²) in [7, 11) is -1.71. The molecule has 0 radical (unpaired) electrons. The lowest BCUT2D eigenvalue weighted by molar-refractivity contribution is -0.142. The van der Waals surface area contributed by atoms with Crippen LogP contribution in [-0.2, 0) is 19.4 Å². The molecule has 1 atom stereocenters. The summed E-state index contributed by atoms with van der Waals surface area (Å²) in [6.07, 6.45) is 0.847. The zero-order chi connectivity index (χ0) is 18.4. The highest BCUT2D eigenvalue weighted by molar-refractivity contribution is 7.91. The third-order valence-corrected chi connectivity index (χ3v) is 6.62. The number of amides is 2. The lowest BCUT2D eigenvalue weighted by Crippen LogP contribution is -2.46. The molecule has 2 aliphatic rings. The van der Waals surface area contributed by atoms with Gasteiger partial charge in [-0.2, -0.15) is 0 Å². The highest BCUT2D eigenvalue weighted by Crippen LogP contribution is 2.48. The molecular weight excluding hydrogens is 354 g/mol. The van der Waals surface area contributed by atoms with Crippen molar-refractivity contribution in [2.75, 3.05) is 23.9 Å². The van der Waals surface area contributed by atoms with Crippen LogP contribution >= 0.6 is 0 Å². The molecule has 1 heterocycles. The molecule has 1 aliphatic heterocycles. The predicted octanol–water partition coefficient (Wildman–Crippen LogP) is 1.33. The Morgan fingerprint density at radius 3 is 2.32 bits per heavy atom. The Kier molecular flexibility index (Phi) is 4.30. The van der Waals surface area contributed by atoms with Crippen molar-refractivity contribution in [1.29, 1.82) is 0 Å². The SMILES string of the molecule is CN(C(=O)C1(C(=O)Nc2c(F)cccc2F)CC1)C1CCS(=O)(=O)C1. The zero-order valence-corrected chi connectivity index (χ0v) is 14.4. The molecule has 1 unspecified atom stereocenters. The normalized spacial score (nSPS) is 23.1. The first-order chi connectivity index (χ1) is 11.7. The maximum absolute atomic E-state index is 13.7. The summed E-state index contributed by atoms with van der Waals surface area (Å²) in [6.45, 7) is 0. The van der Waals surface area contributed by atoms with Crippen molar-refractivity contribution in [3.8, 4) is 0 Å². The van der Waals surface area contributed by atoms with Crippen LogP contribution in [0.2, 0.25) is 0 Å². The molecule has 136 valence electrons. The summed E-state index contributed by atoms with van der Waals surface area (Å²) < 4.78 is 50.6. The van der Waals surface area contributed by atoms with Gasteiger partial charge >= 0.3 is 0 Å². The fourth-order valence-corrected chi connectivity index (χ4v) is 4.87. The Balaban J connectivity index is 1.75. The molecule has 6 nitrogen and oxygen atoms in total. The van der Waals surface area contributed by atoms with Gasteiger partial charge in [-0.25, -0.2) is 17.2 Å². The Morgan fingerprint density at radius 1 is 1.24 bits per heavy atom. The number of hydrogen-bond donors (Lipinski definition) is 1. The van der Waals surface area contributed by atoms with E-state index in [-0.39, 0.29) is 24.3 Å². The molecular formula is C16H18F2N2O4S. The zero-order valence-electron chi connectivity index (χ0n) is 13.6. The van der Waals surface area contributed by atoms with Gasteiger partial charge in [0.15, 0.2) is 9.84 Å². The van der Waals surface area contributed by atoms with Crippen molar-refractivity contribution in [1.82, 2.24) is 4.90 Å². The summed E-state index contributed by atoms with van der Waals surface area (Å²) >= 11 is 0. The van der Waals surface area contributed by atoms with Gasteiger partial charge in [-0.15, -0.1) is 0 Å². The molecule has 2 amide bonds. The lowest BCUT2D eigenvalue weighted by Gasteiger charge is -2.27. The van der Waals surface area contributed by atoms with E-state index < -0.39 is 50.4 Å². The molecule has 1 aromatic carbocycles. The first-order valence-corrected chi connectivity index (χ1v) is 9.71. The molecule has 0 spiro atoms. The Hall–Kier alpha value is -2.03. The van der Waals surface area contributed by atoms with Crippen molar-refractivity contribution in [3.05, 3.63) is 29.8 Å². The highest BCUT2D eigenvalue weighted by atomic mass is 32.2. The van der Waals surface area contributed by atoms with E-state index in [1.165, 1.54) is 18.0 Å². The number of nitrogens with one attached hydrogen (secondary N) is 1. The standard InChI is InChI=1S/C16H18F2N2O4S/c1-20(10-5-8-25(23,24)9-10)15(22)16(6-7-16)14(21)19-13-11(17)3-2-4-12(13)18/h2-4,10H,5-9H2,1H3,(H,19,21). The topological polar surface area (TPSA) is 83.6 Å². The molecule has 2 fully saturated rings. The monoisotopic (exact) mass is 372 g/mol. The molecule has 1 saturated carbocycles. The molecule has 0 bridgehead atoms. The van der Waals surface area contributed by atoms with Gasteiger partial charge in [-0.05, 0) is 31.4 Å². The minimum atomic E-state index is -3.17. The molecule has 3 rings (SSSR count). The Labute approximate surface area is 144 Å². The van der Waals surface area contributed by atoms with E-state index in [0.29, 0.717) is 6.42 Å². The maximum Gasteiger partial charge on any atom is 0.240 e. The molecule has 25 heavy (non-hydrogen) atoms. The van der Waals surface area contributed by atoms with Gasteiger partial charge in [0.2, 0.25) is 11.8 Å². The third kappa shape index (κ3) is 3.24. The number of hydrogen-bond acceptors (Lipinski definition) is 4. The van der Waals surface area contributed by atoms with E-state index in [4.69, 9.17) is 0 Å². The molecule has 1 aromatic rings. The van der Waals surface area contributed by atoms with Crippen LogP contribution in [0.4, 0.5) is 14.5 Å². The molecule has 1 N–H and O–H groups in total. The van der Waals surface area contributed by atoms with Crippen LogP contribution in [0, 0.1) is 17.0 Å². The van der Waals surface area contributed by atoms with Crippen LogP contribution in [0.5, 0.6) is 0 Å². The van der Waals surface area contributed by atoms with Crippen molar-refractivity contribution in [3.63, 3.8) is 0 Å². The fraction of sp³-hybridized carbons (Fsp3) is 0.500. The van der Waals surface area contributed by atoms with Gasteiger partial charge in [-0.1, -0.05) is 6.07 Å². The number of para-hydroxylation sites is 1. The van der Waals surface area contributed by atoms with E-state index in [0.717, 1.165) is 12.1 Å².